The molecule has 5 heteroatoms. The van der Waals surface area contributed by atoms with Crippen LogP contribution in [-0.2, 0) is 0 Å². The summed E-state index contributed by atoms with van der Waals surface area (Å²) in [6.07, 6.45) is 5.76. The van der Waals surface area contributed by atoms with Gasteiger partial charge in [0.15, 0.2) is 0 Å². The molecule has 1 aliphatic carbocycles. The zero-order valence-electron chi connectivity index (χ0n) is 8.25. The standard InChI is InChI=1S/C8H11NO3.CH4O/c1-7(10)8(9(11)12)5-3-2-4-6-8;1-2/h2-5,7,10H,6H2,1H3;2H,1H3. The molecule has 2 atom stereocenters. The van der Waals surface area contributed by atoms with Gasteiger partial charge in [-0.3, -0.25) is 10.1 Å². The number of nitro groups is 1. The molecule has 80 valence electrons. The molecule has 0 radical (unpaired) electrons. The lowest BCUT2D eigenvalue weighted by Gasteiger charge is -2.24. The van der Waals surface area contributed by atoms with Crippen molar-refractivity contribution in [2.24, 2.45) is 0 Å². The molecule has 1 rings (SSSR count). The number of hydrogen-bond acceptors (Lipinski definition) is 4. The van der Waals surface area contributed by atoms with Gasteiger partial charge < -0.3 is 10.2 Å². The van der Waals surface area contributed by atoms with Gasteiger partial charge in [-0.25, -0.2) is 0 Å². The third-order valence-corrected chi connectivity index (χ3v) is 2.14. The maximum Gasteiger partial charge on any atom is 0.269 e. The summed E-state index contributed by atoms with van der Waals surface area (Å²) in [5.41, 5.74) is -1.31. The van der Waals surface area contributed by atoms with Crippen molar-refractivity contribution in [3.05, 3.63) is 34.4 Å². The van der Waals surface area contributed by atoms with Crippen molar-refractivity contribution < 1.29 is 15.1 Å². The third-order valence-electron chi connectivity index (χ3n) is 2.14. The van der Waals surface area contributed by atoms with Crippen LogP contribution < -0.4 is 0 Å². The van der Waals surface area contributed by atoms with E-state index in [2.05, 4.69) is 0 Å². The SMILES string of the molecule is CC(O)C1([N+](=O)[O-])C=CC=CC1.CO. The van der Waals surface area contributed by atoms with Crippen LogP contribution in [0.1, 0.15) is 13.3 Å². The minimum Gasteiger partial charge on any atom is -0.400 e. The van der Waals surface area contributed by atoms with Gasteiger partial charge in [0.1, 0.15) is 6.10 Å². The Morgan fingerprint density at radius 2 is 2.07 bits per heavy atom. The Kier molecular flexibility index (Phi) is 5.04. The van der Waals surface area contributed by atoms with E-state index in [1.165, 1.54) is 13.0 Å². The first-order valence-electron chi connectivity index (χ1n) is 4.21. The van der Waals surface area contributed by atoms with Crippen molar-refractivity contribution in [2.45, 2.75) is 25.0 Å². The van der Waals surface area contributed by atoms with E-state index < -0.39 is 16.6 Å². The summed E-state index contributed by atoms with van der Waals surface area (Å²) in [6, 6.07) is 0. The van der Waals surface area contributed by atoms with Crippen LogP contribution in [0.5, 0.6) is 0 Å². The minimum atomic E-state index is -1.31. The molecule has 2 unspecified atom stereocenters. The summed E-state index contributed by atoms with van der Waals surface area (Å²) in [7, 11) is 1.00. The van der Waals surface area contributed by atoms with Gasteiger partial charge >= 0.3 is 0 Å². The highest BCUT2D eigenvalue weighted by Crippen LogP contribution is 2.25. The number of rotatable bonds is 2. The first-order chi connectivity index (χ1) is 6.59. The van der Waals surface area contributed by atoms with Gasteiger partial charge in [-0.15, -0.1) is 0 Å². The van der Waals surface area contributed by atoms with Crippen LogP contribution in [0.4, 0.5) is 0 Å². The van der Waals surface area contributed by atoms with E-state index in [-0.39, 0.29) is 6.42 Å². The smallest absolute Gasteiger partial charge is 0.269 e. The molecule has 14 heavy (non-hydrogen) atoms. The summed E-state index contributed by atoms with van der Waals surface area (Å²) in [5.74, 6) is 0. The summed E-state index contributed by atoms with van der Waals surface area (Å²) in [5, 5.41) is 26.9. The lowest BCUT2D eigenvalue weighted by molar-refractivity contribution is -0.566. The Hall–Kier alpha value is -1.20. The molecule has 0 aromatic rings. The highest BCUT2D eigenvalue weighted by atomic mass is 16.6. The second-order valence-corrected chi connectivity index (χ2v) is 2.92. The maximum absolute atomic E-state index is 10.7. The van der Waals surface area contributed by atoms with Crippen LogP contribution in [0.2, 0.25) is 0 Å². The summed E-state index contributed by atoms with van der Waals surface area (Å²) in [4.78, 5) is 10.2. The molecule has 1 aliphatic rings. The number of hydrogen-bond donors (Lipinski definition) is 2. The summed E-state index contributed by atoms with van der Waals surface area (Å²) in [6.45, 7) is 1.44. The summed E-state index contributed by atoms with van der Waals surface area (Å²) >= 11 is 0. The van der Waals surface area contributed by atoms with Gasteiger partial charge in [0, 0.05) is 18.5 Å². The second-order valence-electron chi connectivity index (χ2n) is 2.92. The van der Waals surface area contributed by atoms with Crippen LogP contribution >= 0.6 is 0 Å². The van der Waals surface area contributed by atoms with E-state index in [0.717, 1.165) is 7.11 Å². The quantitative estimate of drug-likeness (QED) is 0.503. The molecule has 0 saturated carbocycles. The first-order valence-corrected chi connectivity index (χ1v) is 4.21. The van der Waals surface area contributed by atoms with E-state index in [4.69, 9.17) is 5.11 Å². The van der Waals surface area contributed by atoms with Crippen LogP contribution in [0.25, 0.3) is 0 Å². The van der Waals surface area contributed by atoms with Gasteiger partial charge in [-0.1, -0.05) is 18.2 Å². The van der Waals surface area contributed by atoms with E-state index in [1.54, 1.807) is 18.2 Å². The van der Waals surface area contributed by atoms with Crippen molar-refractivity contribution in [3.63, 3.8) is 0 Å². The fourth-order valence-corrected chi connectivity index (χ4v) is 1.22. The molecule has 2 N–H and O–H groups in total. The van der Waals surface area contributed by atoms with Gasteiger partial charge in [0.2, 0.25) is 0 Å². The van der Waals surface area contributed by atoms with Gasteiger partial charge in [0.05, 0.1) is 0 Å². The number of nitrogens with zero attached hydrogens (tertiary/aromatic N) is 1. The minimum absolute atomic E-state index is 0.258. The number of allylic oxidation sites excluding steroid dienone is 2. The number of aliphatic hydroxyl groups is 2. The predicted octanol–water partition coefficient (Wildman–Crippen LogP) is 0.507. The molecule has 0 aromatic heterocycles. The predicted molar refractivity (Wildman–Crippen MR) is 52.4 cm³/mol. The van der Waals surface area contributed by atoms with Gasteiger partial charge in [-0.2, -0.15) is 0 Å². The normalized spacial score (nSPS) is 26.3. The molecule has 0 aromatic carbocycles. The molecule has 0 aliphatic heterocycles. The Morgan fingerprint density at radius 1 is 1.50 bits per heavy atom. The zero-order chi connectivity index (χ0) is 11.2. The molecular formula is C9H15NO4. The third kappa shape index (κ3) is 2.40. The van der Waals surface area contributed by atoms with E-state index in [9.17, 15) is 15.2 Å². The molecule has 0 spiro atoms. The zero-order valence-corrected chi connectivity index (χ0v) is 8.25. The van der Waals surface area contributed by atoms with Gasteiger partial charge in [0.25, 0.3) is 5.54 Å². The highest BCUT2D eigenvalue weighted by molar-refractivity contribution is 5.19. The lowest BCUT2D eigenvalue weighted by atomic mass is 9.87. The van der Waals surface area contributed by atoms with E-state index in [1.807, 2.05) is 0 Å². The average Bonchev–Trinajstić information content (AvgIpc) is 2.21. The topological polar surface area (TPSA) is 83.6 Å². The molecule has 0 heterocycles. The van der Waals surface area contributed by atoms with E-state index >= 15 is 0 Å². The van der Waals surface area contributed by atoms with Crippen molar-refractivity contribution in [1.82, 2.24) is 0 Å². The fraction of sp³-hybridized carbons (Fsp3) is 0.556. The van der Waals surface area contributed by atoms with E-state index in [0.29, 0.717) is 0 Å². The largest absolute Gasteiger partial charge is 0.400 e. The van der Waals surface area contributed by atoms with Crippen molar-refractivity contribution >= 4 is 0 Å². The van der Waals surface area contributed by atoms with Crippen LogP contribution in [0.3, 0.4) is 0 Å². The van der Waals surface area contributed by atoms with Crippen molar-refractivity contribution in [2.75, 3.05) is 7.11 Å². The maximum atomic E-state index is 10.7. The highest BCUT2D eigenvalue weighted by Gasteiger charge is 2.44. The van der Waals surface area contributed by atoms with Gasteiger partial charge in [-0.05, 0) is 13.0 Å². The Morgan fingerprint density at radius 3 is 2.29 bits per heavy atom. The molecule has 5 nitrogen and oxygen atoms in total. The number of aliphatic hydroxyl groups excluding tert-OH is 2. The van der Waals surface area contributed by atoms with Crippen molar-refractivity contribution in [1.29, 1.82) is 0 Å². The Balaban J connectivity index is 0.000000791. The molecular weight excluding hydrogens is 186 g/mol. The van der Waals surface area contributed by atoms with Crippen LogP contribution in [0.15, 0.2) is 24.3 Å². The molecule has 0 saturated heterocycles. The Bertz CT molecular complexity index is 247. The Labute approximate surface area is 82.5 Å². The molecule has 0 amide bonds. The summed E-state index contributed by atoms with van der Waals surface area (Å²) < 4.78 is 0. The monoisotopic (exact) mass is 201 g/mol. The van der Waals surface area contributed by atoms with Crippen molar-refractivity contribution in [3.8, 4) is 0 Å². The second kappa shape index (κ2) is 5.51. The fourth-order valence-electron chi connectivity index (χ4n) is 1.22. The average molecular weight is 201 g/mol. The molecule has 0 fully saturated rings. The first kappa shape index (κ1) is 12.8. The van der Waals surface area contributed by atoms with Crippen LogP contribution in [0, 0.1) is 10.1 Å². The molecule has 0 bridgehead atoms. The van der Waals surface area contributed by atoms with Crippen LogP contribution in [-0.4, -0.2) is 33.9 Å². The lowest BCUT2D eigenvalue weighted by Crippen LogP contribution is -2.46.